The van der Waals surface area contributed by atoms with Gasteiger partial charge in [-0.15, -0.1) is 10.2 Å². The monoisotopic (exact) mass is 440 g/mol. The molecule has 0 saturated carbocycles. The first kappa shape index (κ1) is 19.3. The van der Waals surface area contributed by atoms with E-state index in [-0.39, 0.29) is 5.82 Å². The van der Waals surface area contributed by atoms with Gasteiger partial charge >= 0.3 is 0 Å². The SMILES string of the molecule is CCn1cnc2c(-c3ccc(F)c(-c4cc5oc6nnccc6c5cc4OC)c3)cnnc21. The van der Waals surface area contributed by atoms with Crippen molar-refractivity contribution in [3.63, 3.8) is 0 Å². The average Bonchev–Trinajstić information content (AvgIpc) is 3.44. The van der Waals surface area contributed by atoms with E-state index in [0.717, 1.165) is 28.4 Å². The molecule has 0 fully saturated rings. The Morgan fingerprint density at radius 2 is 1.91 bits per heavy atom. The lowest BCUT2D eigenvalue weighted by molar-refractivity contribution is 0.416. The molecule has 0 aliphatic heterocycles. The molecule has 9 heteroatoms. The van der Waals surface area contributed by atoms with Crippen molar-refractivity contribution in [2.24, 2.45) is 0 Å². The summed E-state index contributed by atoms with van der Waals surface area (Å²) in [5.41, 5.74) is 4.86. The number of imidazole rings is 1. The van der Waals surface area contributed by atoms with Gasteiger partial charge in [-0.1, -0.05) is 6.07 Å². The smallest absolute Gasteiger partial charge is 0.246 e. The number of fused-ring (bicyclic) bond motifs is 4. The van der Waals surface area contributed by atoms with E-state index >= 15 is 4.39 Å². The summed E-state index contributed by atoms with van der Waals surface area (Å²) in [5, 5.41) is 17.9. The third-order valence-corrected chi connectivity index (χ3v) is 5.80. The standard InChI is InChI=1S/C24H17FN6O2/c1-3-31-12-26-22-18(11-28-29-23(22)31)13-4-5-19(25)15(8-13)17-10-21-16(9-20(17)32-2)14-6-7-27-30-24(14)33-21/h4-12H,3H2,1-2H3. The number of hydrogen-bond donors (Lipinski definition) is 0. The van der Waals surface area contributed by atoms with Crippen LogP contribution in [-0.4, -0.2) is 37.1 Å². The molecule has 0 N–H and O–H groups in total. The Bertz CT molecular complexity index is 1670. The topological polar surface area (TPSA) is 91.8 Å². The summed E-state index contributed by atoms with van der Waals surface area (Å²) in [4.78, 5) is 4.50. The van der Waals surface area contributed by atoms with Gasteiger partial charge in [0.15, 0.2) is 5.65 Å². The predicted molar refractivity (Wildman–Crippen MR) is 121 cm³/mol. The van der Waals surface area contributed by atoms with Gasteiger partial charge in [0.25, 0.3) is 0 Å². The van der Waals surface area contributed by atoms with Gasteiger partial charge in [-0.2, -0.15) is 10.2 Å². The van der Waals surface area contributed by atoms with Crippen molar-refractivity contribution in [1.29, 1.82) is 0 Å². The highest BCUT2D eigenvalue weighted by Gasteiger charge is 2.19. The van der Waals surface area contributed by atoms with Crippen molar-refractivity contribution in [3.8, 4) is 28.0 Å². The van der Waals surface area contributed by atoms with Crippen LogP contribution < -0.4 is 4.74 Å². The number of ether oxygens (including phenoxy) is 1. The summed E-state index contributed by atoms with van der Waals surface area (Å²) in [6.45, 7) is 2.74. The van der Waals surface area contributed by atoms with E-state index in [0.29, 0.717) is 39.3 Å². The highest BCUT2D eigenvalue weighted by Crippen LogP contribution is 2.40. The summed E-state index contributed by atoms with van der Waals surface area (Å²) in [5.74, 6) is 0.135. The first-order valence-corrected chi connectivity index (χ1v) is 10.4. The van der Waals surface area contributed by atoms with Crippen LogP contribution in [0.3, 0.4) is 0 Å². The lowest BCUT2D eigenvalue weighted by atomic mass is 9.97. The number of aromatic nitrogens is 6. The zero-order valence-corrected chi connectivity index (χ0v) is 17.8. The molecule has 6 aromatic rings. The number of furan rings is 1. The molecule has 4 aromatic heterocycles. The summed E-state index contributed by atoms with van der Waals surface area (Å²) in [6, 6.07) is 10.3. The van der Waals surface area contributed by atoms with E-state index in [2.05, 4.69) is 25.4 Å². The van der Waals surface area contributed by atoms with Gasteiger partial charge in [-0.25, -0.2) is 9.37 Å². The van der Waals surface area contributed by atoms with Crippen LogP contribution in [0.5, 0.6) is 5.75 Å². The Balaban J connectivity index is 1.57. The van der Waals surface area contributed by atoms with Crippen LogP contribution in [-0.2, 0) is 6.54 Å². The number of rotatable bonds is 4. The molecular formula is C24H17FN6O2. The maximum Gasteiger partial charge on any atom is 0.246 e. The maximum atomic E-state index is 15.1. The molecule has 0 unspecified atom stereocenters. The van der Waals surface area contributed by atoms with E-state index in [1.54, 1.807) is 44.0 Å². The summed E-state index contributed by atoms with van der Waals surface area (Å²) < 4.78 is 28.5. The minimum atomic E-state index is -0.385. The molecular weight excluding hydrogens is 423 g/mol. The summed E-state index contributed by atoms with van der Waals surface area (Å²) >= 11 is 0. The Morgan fingerprint density at radius 1 is 1.00 bits per heavy atom. The van der Waals surface area contributed by atoms with Crippen molar-refractivity contribution in [2.75, 3.05) is 7.11 Å². The molecule has 0 bridgehead atoms. The predicted octanol–water partition coefficient (Wildman–Crippen LogP) is 5.02. The van der Waals surface area contributed by atoms with Crippen molar-refractivity contribution in [3.05, 3.63) is 60.9 Å². The highest BCUT2D eigenvalue weighted by atomic mass is 19.1. The number of benzene rings is 2. The lowest BCUT2D eigenvalue weighted by Gasteiger charge is -2.12. The quantitative estimate of drug-likeness (QED) is 0.380. The Kier molecular flexibility index (Phi) is 4.29. The average molecular weight is 440 g/mol. The molecule has 33 heavy (non-hydrogen) atoms. The van der Waals surface area contributed by atoms with Crippen LogP contribution in [0, 0.1) is 5.82 Å². The highest BCUT2D eigenvalue weighted by molar-refractivity contribution is 6.05. The third-order valence-electron chi connectivity index (χ3n) is 5.80. The number of hydrogen-bond acceptors (Lipinski definition) is 7. The van der Waals surface area contributed by atoms with Crippen molar-refractivity contribution in [2.45, 2.75) is 13.5 Å². The summed E-state index contributed by atoms with van der Waals surface area (Å²) in [7, 11) is 1.56. The Labute approximate surface area is 186 Å². The van der Waals surface area contributed by atoms with Gasteiger partial charge in [0, 0.05) is 28.6 Å². The minimum Gasteiger partial charge on any atom is -0.496 e. The van der Waals surface area contributed by atoms with E-state index in [1.165, 1.54) is 6.07 Å². The lowest BCUT2D eigenvalue weighted by Crippen LogP contribution is -1.96. The first-order valence-electron chi connectivity index (χ1n) is 10.4. The van der Waals surface area contributed by atoms with Gasteiger partial charge in [0.1, 0.15) is 22.7 Å². The van der Waals surface area contributed by atoms with E-state index in [4.69, 9.17) is 9.15 Å². The molecule has 162 valence electrons. The fourth-order valence-electron chi connectivity index (χ4n) is 4.15. The van der Waals surface area contributed by atoms with Gasteiger partial charge in [-0.3, -0.25) is 0 Å². The molecule has 0 aliphatic rings. The maximum absolute atomic E-state index is 15.1. The second-order valence-electron chi connectivity index (χ2n) is 7.56. The molecule has 0 atom stereocenters. The van der Waals surface area contributed by atoms with Crippen molar-refractivity contribution < 1.29 is 13.5 Å². The molecule has 0 spiro atoms. The second-order valence-corrected chi connectivity index (χ2v) is 7.56. The Morgan fingerprint density at radius 3 is 2.76 bits per heavy atom. The zero-order chi connectivity index (χ0) is 22.5. The first-order chi connectivity index (χ1) is 16.2. The van der Waals surface area contributed by atoms with Crippen LogP contribution in [0.4, 0.5) is 4.39 Å². The van der Waals surface area contributed by atoms with Crippen LogP contribution in [0.25, 0.3) is 55.5 Å². The van der Waals surface area contributed by atoms with Crippen LogP contribution in [0.15, 0.2) is 59.5 Å². The molecule has 0 aliphatic carbocycles. The molecule has 8 nitrogen and oxygen atoms in total. The fourth-order valence-corrected chi connectivity index (χ4v) is 4.15. The fraction of sp³-hybridized carbons (Fsp3) is 0.125. The zero-order valence-electron chi connectivity index (χ0n) is 17.8. The van der Waals surface area contributed by atoms with E-state index in [9.17, 15) is 0 Å². The number of methoxy groups -OCH3 is 1. The number of nitrogens with zero attached hydrogens (tertiary/aromatic N) is 6. The molecule has 2 aromatic carbocycles. The Hall–Kier alpha value is -4.40. The second kappa shape index (κ2) is 7.33. The van der Waals surface area contributed by atoms with Crippen molar-refractivity contribution >= 4 is 33.2 Å². The van der Waals surface area contributed by atoms with Crippen LogP contribution in [0.1, 0.15) is 6.92 Å². The van der Waals surface area contributed by atoms with Crippen LogP contribution in [0.2, 0.25) is 0 Å². The molecule has 0 saturated heterocycles. The van der Waals surface area contributed by atoms with Crippen LogP contribution >= 0.6 is 0 Å². The molecule has 0 amide bonds. The normalized spacial score (nSPS) is 11.6. The minimum absolute atomic E-state index is 0.373. The van der Waals surface area contributed by atoms with Gasteiger partial charge in [0.2, 0.25) is 5.71 Å². The molecule has 6 rings (SSSR count). The number of aryl methyl sites for hydroxylation is 1. The third kappa shape index (κ3) is 2.93. The molecule has 0 radical (unpaired) electrons. The summed E-state index contributed by atoms with van der Waals surface area (Å²) in [6.07, 6.45) is 4.98. The molecule has 4 heterocycles. The largest absolute Gasteiger partial charge is 0.496 e. The number of halogens is 1. The van der Waals surface area contributed by atoms with Gasteiger partial charge < -0.3 is 13.7 Å². The van der Waals surface area contributed by atoms with E-state index in [1.807, 2.05) is 23.6 Å². The van der Waals surface area contributed by atoms with E-state index < -0.39 is 0 Å². The van der Waals surface area contributed by atoms with Gasteiger partial charge in [-0.05, 0) is 42.8 Å². The van der Waals surface area contributed by atoms with Gasteiger partial charge in [0.05, 0.1) is 31.2 Å². The van der Waals surface area contributed by atoms with Crippen molar-refractivity contribution in [1.82, 2.24) is 29.9 Å².